The van der Waals surface area contributed by atoms with Gasteiger partial charge in [0.15, 0.2) is 0 Å². The standard InChI is InChI=1S/C8H7NO4/c1-13-5-2-3-6(8(10)11)7(4-5)9-12/h2-4H,1H3,(H,10,11). The molecule has 1 rings (SSSR count). The number of ether oxygens (including phenoxy) is 1. The number of rotatable bonds is 3. The van der Waals surface area contributed by atoms with E-state index in [1.807, 2.05) is 0 Å². The number of methoxy groups -OCH3 is 1. The lowest BCUT2D eigenvalue weighted by Gasteiger charge is -2.01. The average Bonchev–Trinajstić information content (AvgIpc) is 2.16. The van der Waals surface area contributed by atoms with Crippen molar-refractivity contribution in [3.63, 3.8) is 0 Å². The molecule has 5 heteroatoms. The van der Waals surface area contributed by atoms with E-state index in [2.05, 4.69) is 5.18 Å². The molecule has 0 atom stereocenters. The third-order valence-corrected chi connectivity index (χ3v) is 1.53. The van der Waals surface area contributed by atoms with Crippen molar-refractivity contribution in [3.05, 3.63) is 28.7 Å². The highest BCUT2D eigenvalue weighted by atomic mass is 16.5. The molecule has 0 bridgehead atoms. The Kier molecular flexibility index (Phi) is 2.59. The zero-order chi connectivity index (χ0) is 9.84. The van der Waals surface area contributed by atoms with Crippen molar-refractivity contribution >= 4 is 11.7 Å². The quantitative estimate of drug-likeness (QED) is 0.721. The van der Waals surface area contributed by atoms with Crippen LogP contribution in [-0.4, -0.2) is 18.2 Å². The molecule has 1 N–H and O–H groups in total. The number of hydrogen-bond acceptors (Lipinski definition) is 4. The lowest BCUT2D eigenvalue weighted by molar-refractivity contribution is 0.0698. The predicted octanol–water partition coefficient (Wildman–Crippen LogP) is 1.79. The Balaban J connectivity index is 3.23. The molecule has 68 valence electrons. The van der Waals surface area contributed by atoms with E-state index in [1.165, 1.54) is 25.3 Å². The molecule has 0 amide bonds. The van der Waals surface area contributed by atoms with Gasteiger partial charge in [-0.05, 0) is 17.3 Å². The highest BCUT2D eigenvalue weighted by Gasteiger charge is 2.11. The van der Waals surface area contributed by atoms with Crippen molar-refractivity contribution in [1.82, 2.24) is 0 Å². The highest BCUT2D eigenvalue weighted by Crippen LogP contribution is 2.24. The molecule has 0 aliphatic heterocycles. The minimum absolute atomic E-state index is 0.129. The van der Waals surface area contributed by atoms with Gasteiger partial charge in [0.1, 0.15) is 11.4 Å². The van der Waals surface area contributed by atoms with Crippen molar-refractivity contribution in [2.45, 2.75) is 0 Å². The maximum absolute atomic E-state index is 10.5. The molecule has 1 aromatic carbocycles. The SMILES string of the molecule is COc1ccc(C(=O)O)c(N=O)c1. The number of carboxylic acid groups (broad SMARTS) is 1. The number of nitrogens with zero attached hydrogens (tertiary/aromatic N) is 1. The lowest BCUT2D eigenvalue weighted by Crippen LogP contribution is -1.96. The third kappa shape index (κ3) is 1.81. The van der Waals surface area contributed by atoms with Crippen molar-refractivity contribution in [1.29, 1.82) is 0 Å². The summed E-state index contributed by atoms with van der Waals surface area (Å²) in [6, 6.07) is 4.01. The van der Waals surface area contributed by atoms with Crippen LogP contribution in [0.2, 0.25) is 0 Å². The molecule has 0 saturated heterocycles. The molecule has 0 radical (unpaired) electrons. The lowest BCUT2D eigenvalue weighted by atomic mass is 10.2. The van der Waals surface area contributed by atoms with Crippen LogP contribution in [0.5, 0.6) is 5.75 Å². The third-order valence-electron chi connectivity index (χ3n) is 1.53. The van der Waals surface area contributed by atoms with Crippen LogP contribution < -0.4 is 4.74 Å². The van der Waals surface area contributed by atoms with Gasteiger partial charge in [0.2, 0.25) is 0 Å². The summed E-state index contributed by atoms with van der Waals surface area (Å²) in [4.78, 5) is 20.8. The molecule has 0 aliphatic carbocycles. The molecule has 0 fully saturated rings. The molecule has 0 unspecified atom stereocenters. The molecule has 13 heavy (non-hydrogen) atoms. The van der Waals surface area contributed by atoms with Crippen molar-refractivity contribution in [2.24, 2.45) is 5.18 Å². The summed E-state index contributed by atoms with van der Waals surface area (Å²) in [5.74, 6) is -0.781. The Morgan fingerprint density at radius 1 is 1.54 bits per heavy atom. The zero-order valence-electron chi connectivity index (χ0n) is 6.85. The van der Waals surface area contributed by atoms with E-state index in [9.17, 15) is 9.70 Å². The second-order valence-electron chi connectivity index (χ2n) is 2.28. The Labute approximate surface area is 73.9 Å². The second kappa shape index (κ2) is 3.66. The first-order valence-electron chi connectivity index (χ1n) is 3.43. The number of nitroso groups, excluding NO2 is 1. The molecular weight excluding hydrogens is 174 g/mol. The summed E-state index contributed by atoms with van der Waals surface area (Å²) in [5, 5.41) is 11.2. The van der Waals surface area contributed by atoms with Gasteiger partial charge in [-0.25, -0.2) is 4.79 Å². The van der Waals surface area contributed by atoms with Crippen LogP contribution in [0.15, 0.2) is 23.4 Å². The van der Waals surface area contributed by atoms with E-state index in [4.69, 9.17) is 9.84 Å². The van der Waals surface area contributed by atoms with E-state index < -0.39 is 5.97 Å². The van der Waals surface area contributed by atoms with Crippen LogP contribution >= 0.6 is 0 Å². The first kappa shape index (κ1) is 9.18. The summed E-state index contributed by atoms with van der Waals surface area (Å²) in [5.41, 5.74) is -0.261. The van der Waals surface area contributed by atoms with Gasteiger partial charge >= 0.3 is 5.97 Å². The zero-order valence-corrected chi connectivity index (χ0v) is 6.85. The average molecular weight is 181 g/mol. The van der Waals surface area contributed by atoms with Gasteiger partial charge in [0.25, 0.3) is 0 Å². The van der Waals surface area contributed by atoms with E-state index in [0.717, 1.165) is 0 Å². The first-order chi connectivity index (χ1) is 6.19. The van der Waals surface area contributed by atoms with Crippen molar-refractivity contribution in [3.8, 4) is 5.75 Å². The van der Waals surface area contributed by atoms with E-state index in [-0.39, 0.29) is 11.3 Å². The molecular formula is C8H7NO4. The fraction of sp³-hybridized carbons (Fsp3) is 0.125. The fourth-order valence-corrected chi connectivity index (χ4v) is 0.895. The maximum Gasteiger partial charge on any atom is 0.338 e. The summed E-state index contributed by atoms with van der Waals surface area (Å²) >= 11 is 0. The number of aromatic carboxylic acids is 1. The molecule has 0 aromatic heterocycles. The Bertz CT molecular complexity index is 348. The highest BCUT2D eigenvalue weighted by molar-refractivity contribution is 5.93. The van der Waals surface area contributed by atoms with E-state index in [1.54, 1.807) is 0 Å². The van der Waals surface area contributed by atoms with Crippen molar-refractivity contribution < 1.29 is 14.6 Å². The second-order valence-corrected chi connectivity index (χ2v) is 2.28. The summed E-state index contributed by atoms with van der Waals surface area (Å²) in [7, 11) is 1.42. The van der Waals surface area contributed by atoms with Crippen LogP contribution in [0.25, 0.3) is 0 Å². The molecule has 1 aromatic rings. The van der Waals surface area contributed by atoms with Gasteiger partial charge in [-0.15, -0.1) is 4.91 Å². The Morgan fingerprint density at radius 2 is 2.23 bits per heavy atom. The fourth-order valence-electron chi connectivity index (χ4n) is 0.895. The van der Waals surface area contributed by atoms with Gasteiger partial charge in [0, 0.05) is 6.07 Å². The largest absolute Gasteiger partial charge is 0.497 e. The first-order valence-corrected chi connectivity index (χ1v) is 3.43. The number of hydrogen-bond donors (Lipinski definition) is 1. The topological polar surface area (TPSA) is 76.0 Å². The van der Waals surface area contributed by atoms with E-state index >= 15 is 0 Å². The Hall–Kier alpha value is -1.91. The summed E-state index contributed by atoms with van der Waals surface area (Å²) in [6.07, 6.45) is 0. The van der Waals surface area contributed by atoms with Crippen LogP contribution in [0, 0.1) is 4.91 Å². The number of carboxylic acids is 1. The molecule has 0 aliphatic rings. The van der Waals surface area contributed by atoms with Crippen LogP contribution in [0.3, 0.4) is 0 Å². The smallest absolute Gasteiger partial charge is 0.338 e. The van der Waals surface area contributed by atoms with Gasteiger partial charge < -0.3 is 9.84 Å². The molecule has 0 saturated carbocycles. The van der Waals surface area contributed by atoms with Gasteiger partial charge in [0.05, 0.1) is 12.7 Å². The van der Waals surface area contributed by atoms with Crippen LogP contribution in [0.4, 0.5) is 5.69 Å². The van der Waals surface area contributed by atoms with Crippen LogP contribution in [0.1, 0.15) is 10.4 Å². The minimum atomic E-state index is -1.18. The normalized spacial score (nSPS) is 9.31. The Morgan fingerprint density at radius 3 is 2.69 bits per heavy atom. The molecule has 5 nitrogen and oxygen atoms in total. The monoisotopic (exact) mass is 181 g/mol. The summed E-state index contributed by atoms with van der Waals surface area (Å²) in [6.45, 7) is 0. The molecule has 0 spiro atoms. The van der Waals surface area contributed by atoms with E-state index in [0.29, 0.717) is 5.75 Å². The van der Waals surface area contributed by atoms with Crippen molar-refractivity contribution in [2.75, 3.05) is 7.11 Å². The number of benzene rings is 1. The van der Waals surface area contributed by atoms with Gasteiger partial charge in [-0.3, -0.25) is 0 Å². The maximum atomic E-state index is 10.5. The number of carbonyl (C=O) groups is 1. The molecule has 0 heterocycles. The minimum Gasteiger partial charge on any atom is -0.497 e. The van der Waals surface area contributed by atoms with Gasteiger partial charge in [-0.2, -0.15) is 0 Å². The summed E-state index contributed by atoms with van der Waals surface area (Å²) < 4.78 is 4.80. The predicted molar refractivity (Wildman–Crippen MR) is 45.4 cm³/mol. The van der Waals surface area contributed by atoms with Crippen LogP contribution in [-0.2, 0) is 0 Å². The van der Waals surface area contributed by atoms with Gasteiger partial charge in [-0.1, -0.05) is 0 Å².